The van der Waals surface area contributed by atoms with Crippen LogP contribution in [0.5, 0.6) is 0 Å². The molecule has 0 aliphatic rings. The van der Waals surface area contributed by atoms with Gasteiger partial charge < -0.3 is 62.7 Å². The van der Waals surface area contributed by atoms with Crippen LogP contribution in [0, 0.1) is 0 Å². The van der Waals surface area contributed by atoms with Gasteiger partial charge in [0, 0.05) is 49.8 Å². The van der Waals surface area contributed by atoms with E-state index >= 15 is 0 Å². The largest absolute Gasteiger partial charge is 0.377 e. The number of amides is 2. The van der Waals surface area contributed by atoms with Crippen LogP contribution in [0.1, 0.15) is 12.8 Å². The van der Waals surface area contributed by atoms with Crippen molar-refractivity contribution in [1.82, 2.24) is 20.6 Å². The third-order valence-corrected chi connectivity index (χ3v) is 11.8. The van der Waals surface area contributed by atoms with Crippen LogP contribution in [-0.4, -0.2) is 192 Å². The second-order valence-corrected chi connectivity index (χ2v) is 17.0. The van der Waals surface area contributed by atoms with E-state index in [0.717, 1.165) is 21.6 Å². The summed E-state index contributed by atoms with van der Waals surface area (Å²) in [5, 5.41) is 7.59. The SMILES string of the molecule is O=C(CCSSc1ccccn1)NCCOCCOCCOCCOCCOCCOCCOCCOCCOCCOCCOCCNC(=O)CCSSc1ccccn1. The fraction of sp³-hybridized carbons (Fsp3) is 0.700. The summed E-state index contributed by atoms with van der Waals surface area (Å²) in [4.78, 5) is 32.2. The van der Waals surface area contributed by atoms with Crippen LogP contribution in [0.15, 0.2) is 58.8 Å². The number of carbonyl (C=O) groups excluding carboxylic acids is 2. The van der Waals surface area contributed by atoms with Crippen molar-refractivity contribution in [1.29, 1.82) is 0 Å². The van der Waals surface area contributed by atoms with E-state index in [0.29, 0.717) is 171 Å². The zero-order chi connectivity index (χ0) is 43.2. The minimum absolute atomic E-state index is 0.0131. The fourth-order valence-corrected chi connectivity index (χ4v) is 8.01. The van der Waals surface area contributed by atoms with E-state index in [1.807, 2.05) is 36.4 Å². The topological polar surface area (TPSA) is 186 Å². The molecular weight excluding hydrogens is 873 g/mol. The Kier molecular flexibility index (Phi) is 40.6. The number of hydrogen-bond acceptors (Lipinski definition) is 19. The van der Waals surface area contributed by atoms with Crippen LogP contribution in [0.25, 0.3) is 0 Å². The van der Waals surface area contributed by atoms with Gasteiger partial charge in [0.1, 0.15) is 10.1 Å². The summed E-state index contributed by atoms with van der Waals surface area (Å²) in [5.41, 5.74) is 0. The van der Waals surface area contributed by atoms with Gasteiger partial charge in [-0.25, -0.2) is 9.97 Å². The Balaban J connectivity index is 1.13. The number of aromatic nitrogens is 2. The predicted molar refractivity (Wildman–Crippen MR) is 239 cm³/mol. The van der Waals surface area contributed by atoms with Crippen molar-refractivity contribution in [3.63, 3.8) is 0 Å². The summed E-state index contributed by atoms with van der Waals surface area (Å²) in [6.45, 7) is 11.4. The molecule has 61 heavy (non-hydrogen) atoms. The van der Waals surface area contributed by atoms with Crippen molar-refractivity contribution in [2.24, 2.45) is 0 Å². The maximum Gasteiger partial charge on any atom is 0.220 e. The van der Waals surface area contributed by atoms with Crippen LogP contribution in [-0.2, 0) is 61.7 Å². The van der Waals surface area contributed by atoms with Crippen LogP contribution in [0.3, 0.4) is 0 Å². The second-order valence-electron chi connectivity index (χ2n) is 12.1. The lowest BCUT2D eigenvalue weighted by Gasteiger charge is -2.09. The molecule has 0 unspecified atom stereocenters. The molecule has 2 aromatic rings. The van der Waals surface area contributed by atoms with Crippen molar-refractivity contribution in [3.05, 3.63) is 48.8 Å². The van der Waals surface area contributed by atoms with E-state index in [1.165, 1.54) is 0 Å². The molecule has 0 saturated heterocycles. The lowest BCUT2D eigenvalue weighted by molar-refractivity contribution is -0.121. The number of carbonyl (C=O) groups is 2. The van der Waals surface area contributed by atoms with E-state index in [4.69, 9.17) is 52.1 Å². The average molecular weight is 939 g/mol. The second kappa shape index (κ2) is 44.8. The number of nitrogens with zero attached hydrogens (tertiary/aromatic N) is 2. The first kappa shape index (κ1) is 55.3. The Morgan fingerprint density at radius 3 is 0.902 bits per heavy atom. The van der Waals surface area contributed by atoms with E-state index in [2.05, 4.69) is 20.6 Å². The smallest absolute Gasteiger partial charge is 0.220 e. The fourth-order valence-electron chi connectivity index (χ4n) is 4.27. The van der Waals surface area contributed by atoms with Crippen LogP contribution >= 0.6 is 43.2 Å². The van der Waals surface area contributed by atoms with Crippen LogP contribution in [0.2, 0.25) is 0 Å². The highest BCUT2D eigenvalue weighted by Crippen LogP contribution is 2.30. The Morgan fingerprint density at radius 1 is 0.393 bits per heavy atom. The highest BCUT2D eigenvalue weighted by Gasteiger charge is 2.04. The lowest BCUT2D eigenvalue weighted by atomic mass is 10.4. The van der Waals surface area contributed by atoms with Crippen molar-refractivity contribution >= 4 is 55.0 Å². The molecular formula is C40H66N4O13S4. The van der Waals surface area contributed by atoms with Gasteiger partial charge in [-0.05, 0) is 45.9 Å². The number of rotatable bonds is 46. The summed E-state index contributed by atoms with van der Waals surface area (Å²) in [6, 6.07) is 11.5. The van der Waals surface area contributed by atoms with Crippen molar-refractivity contribution in [2.75, 3.05) is 170 Å². The maximum atomic E-state index is 11.9. The molecule has 0 spiro atoms. The minimum Gasteiger partial charge on any atom is -0.377 e. The average Bonchev–Trinajstić information content (AvgIpc) is 3.28. The molecule has 2 rings (SSSR count). The molecule has 0 fully saturated rings. The molecule has 0 aliphatic carbocycles. The van der Waals surface area contributed by atoms with E-state index in [9.17, 15) is 9.59 Å². The Morgan fingerprint density at radius 2 is 0.656 bits per heavy atom. The first-order valence-corrected chi connectivity index (χ1v) is 25.2. The molecule has 21 heteroatoms. The van der Waals surface area contributed by atoms with Crippen molar-refractivity contribution < 1.29 is 61.7 Å². The van der Waals surface area contributed by atoms with Gasteiger partial charge in [-0.1, -0.05) is 33.7 Å². The maximum absolute atomic E-state index is 11.9. The lowest BCUT2D eigenvalue weighted by Crippen LogP contribution is -2.27. The first-order chi connectivity index (χ1) is 30.2. The number of hydrogen-bond donors (Lipinski definition) is 2. The minimum atomic E-state index is 0.0131. The normalized spacial score (nSPS) is 11.3. The molecule has 0 aromatic carbocycles. The van der Waals surface area contributed by atoms with Gasteiger partial charge in [0.25, 0.3) is 0 Å². The van der Waals surface area contributed by atoms with Crippen molar-refractivity contribution in [2.45, 2.75) is 22.9 Å². The zero-order valence-electron chi connectivity index (χ0n) is 35.3. The van der Waals surface area contributed by atoms with E-state index in [1.54, 1.807) is 55.6 Å². The van der Waals surface area contributed by atoms with Crippen LogP contribution < -0.4 is 10.6 Å². The molecule has 0 saturated carbocycles. The van der Waals surface area contributed by atoms with Gasteiger partial charge >= 0.3 is 0 Å². The summed E-state index contributed by atoms with van der Waals surface area (Å²) in [5.74, 6) is 1.47. The highest BCUT2D eigenvalue weighted by molar-refractivity contribution is 8.77. The number of nitrogens with one attached hydrogen (secondary N) is 2. The Hall–Kier alpha value is -1.80. The Labute approximate surface area is 377 Å². The quantitative estimate of drug-likeness (QED) is 0.0720. The molecule has 2 aromatic heterocycles. The standard InChI is InChI=1S/C40H66N4O13S4/c45-37(7-35-58-60-39-5-1-3-9-43-39)41-11-13-47-15-17-49-19-21-51-23-25-53-27-29-55-31-33-57-34-32-56-30-28-54-26-24-52-22-20-50-18-16-48-14-12-42-38(46)8-36-59-61-40-6-2-4-10-44-40/h1-6,9-10H,7-8,11-36H2,(H,41,45)(H,42,46). The van der Waals surface area contributed by atoms with Gasteiger partial charge in [0.2, 0.25) is 11.8 Å². The summed E-state index contributed by atoms with van der Waals surface area (Å²) >= 11 is 0. The molecule has 0 aliphatic heterocycles. The van der Waals surface area contributed by atoms with E-state index in [-0.39, 0.29) is 11.8 Å². The molecule has 0 radical (unpaired) electrons. The molecule has 2 N–H and O–H groups in total. The first-order valence-electron chi connectivity index (χ1n) is 20.5. The van der Waals surface area contributed by atoms with Gasteiger partial charge in [-0.3, -0.25) is 9.59 Å². The summed E-state index contributed by atoms with van der Waals surface area (Å²) in [7, 11) is 6.37. The molecule has 0 atom stereocenters. The number of ether oxygens (including phenoxy) is 11. The predicted octanol–water partition coefficient (Wildman–Crippen LogP) is 3.85. The van der Waals surface area contributed by atoms with Gasteiger partial charge in [0.05, 0.1) is 145 Å². The van der Waals surface area contributed by atoms with Gasteiger partial charge in [-0.15, -0.1) is 0 Å². The Bertz CT molecular complexity index is 1170. The molecule has 348 valence electrons. The zero-order valence-corrected chi connectivity index (χ0v) is 38.5. The highest BCUT2D eigenvalue weighted by atomic mass is 33.1. The third-order valence-electron chi connectivity index (χ3n) is 7.25. The molecule has 0 bridgehead atoms. The van der Waals surface area contributed by atoms with Gasteiger partial charge in [-0.2, -0.15) is 0 Å². The molecule has 17 nitrogen and oxygen atoms in total. The molecule has 2 amide bonds. The monoisotopic (exact) mass is 938 g/mol. The summed E-state index contributed by atoms with van der Waals surface area (Å²) < 4.78 is 60.5. The van der Waals surface area contributed by atoms with Crippen LogP contribution in [0.4, 0.5) is 0 Å². The van der Waals surface area contributed by atoms with Crippen molar-refractivity contribution in [3.8, 4) is 0 Å². The van der Waals surface area contributed by atoms with E-state index < -0.39 is 0 Å². The third kappa shape index (κ3) is 39.5. The van der Waals surface area contributed by atoms with Gasteiger partial charge in [0.15, 0.2) is 0 Å². The number of pyridine rings is 2. The summed E-state index contributed by atoms with van der Waals surface area (Å²) in [6.07, 6.45) is 4.43. The molecule has 2 heterocycles.